The summed E-state index contributed by atoms with van der Waals surface area (Å²) in [6.07, 6.45) is -0.983. The van der Waals surface area contributed by atoms with Gasteiger partial charge in [0.15, 0.2) is 6.10 Å². The van der Waals surface area contributed by atoms with Gasteiger partial charge in [-0.1, -0.05) is 41.4 Å². The van der Waals surface area contributed by atoms with E-state index in [1.165, 1.54) is 36.4 Å². The molecule has 0 bridgehead atoms. The van der Waals surface area contributed by atoms with Crippen molar-refractivity contribution in [1.29, 1.82) is 0 Å². The number of nitrogens with one attached hydrogen (secondary N) is 1. The monoisotopic (exact) mass is 395 g/mol. The van der Waals surface area contributed by atoms with E-state index < -0.39 is 23.8 Å². The molecule has 0 aliphatic rings. The van der Waals surface area contributed by atoms with Crippen molar-refractivity contribution in [3.05, 3.63) is 64.4 Å². The van der Waals surface area contributed by atoms with Crippen LogP contribution < -0.4 is 5.32 Å². The van der Waals surface area contributed by atoms with E-state index in [0.717, 1.165) is 11.6 Å². The largest absolute Gasteiger partial charge is 0.452 e. The lowest BCUT2D eigenvalue weighted by molar-refractivity contribution is -0.150. The Hall–Kier alpha value is -2.05. The number of ether oxygens (including phenoxy) is 1. The molecular formula is C19H19ClFNO3S. The van der Waals surface area contributed by atoms with E-state index in [4.69, 9.17) is 16.3 Å². The molecule has 7 heteroatoms. The molecule has 0 radical (unpaired) electrons. The fourth-order valence-electron chi connectivity index (χ4n) is 2.05. The zero-order chi connectivity index (χ0) is 19.1. The fourth-order valence-corrected chi connectivity index (χ4v) is 3.03. The van der Waals surface area contributed by atoms with Gasteiger partial charge in [-0.15, -0.1) is 11.8 Å². The number of benzene rings is 2. The quantitative estimate of drug-likeness (QED) is 0.696. The lowest BCUT2D eigenvalue weighted by Crippen LogP contribution is -2.30. The Kier molecular flexibility index (Phi) is 7.48. The van der Waals surface area contributed by atoms with Gasteiger partial charge in [-0.05, 0) is 37.6 Å². The lowest BCUT2D eigenvalue weighted by Gasteiger charge is -2.14. The van der Waals surface area contributed by atoms with Crippen LogP contribution in [0.2, 0.25) is 5.02 Å². The van der Waals surface area contributed by atoms with E-state index in [0.29, 0.717) is 5.75 Å². The first-order valence-electron chi connectivity index (χ1n) is 7.94. The van der Waals surface area contributed by atoms with Crippen LogP contribution >= 0.6 is 23.4 Å². The third-order valence-electron chi connectivity index (χ3n) is 3.48. The second kappa shape index (κ2) is 9.59. The van der Waals surface area contributed by atoms with Crippen LogP contribution in [0.15, 0.2) is 42.5 Å². The molecule has 0 unspecified atom stereocenters. The number of amides is 1. The first-order chi connectivity index (χ1) is 12.3. The first kappa shape index (κ1) is 20.3. The molecule has 26 heavy (non-hydrogen) atoms. The molecule has 0 saturated carbocycles. The van der Waals surface area contributed by atoms with Gasteiger partial charge in [0.2, 0.25) is 0 Å². The molecule has 138 valence electrons. The highest BCUT2D eigenvalue weighted by atomic mass is 35.5. The third kappa shape index (κ3) is 6.35. The van der Waals surface area contributed by atoms with Gasteiger partial charge in [0.1, 0.15) is 5.82 Å². The number of aryl methyl sites for hydroxylation is 1. The minimum atomic E-state index is -0.983. The van der Waals surface area contributed by atoms with Crippen molar-refractivity contribution in [3.63, 3.8) is 0 Å². The second-order valence-electron chi connectivity index (χ2n) is 5.72. The van der Waals surface area contributed by atoms with Gasteiger partial charge < -0.3 is 10.1 Å². The number of hydrogen-bond donors (Lipinski definition) is 1. The Bertz CT molecular complexity index is 783. The Balaban J connectivity index is 1.76. The minimum absolute atomic E-state index is 0.0746. The van der Waals surface area contributed by atoms with E-state index >= 15 is 0 Å². The van der Waals surface area contributed by atoms with Gasteiger partial charge in [0.05, 0.1) is 16.5 Å². The summed E-state index contributed by atoms with van der Waals surface area (Å²) in [5.41, 5.74) is 2.55. The molecule has 0 fully saturated rings. The van der Waals surface area contributed by atoms with Gasteiger partial charge in [-0.3, -0.25) is 9.59 Å². The van der Waals surface area contributed by atoms with E-state index in [9.17, 15) is 14.0 Å². The predicted molar refractivity (Wildman–Crippen MR) is 103 cm³/mol. The summed E-state index contributed by atoms with van der Waals surface area (Å²) in [7, 11) is 0. The highest BCUT2D eigenvalue weighted by molar-refractivity contribution is 7.99. The SMILES string of the molecule is Cc1ccc(CSCC(=O)O[C@H](C)C(=O)Nc2ccc(F)cc2Cl)cc1. The molecule has 0 aliphatic heterocycles. The topological polar surface area (TPSA) is 55.4 Å². The summed E-state index contributed by atoms with van der Waals surface area (Å²) < 4.78 is 18.1. The maximum absolute atomic E-state index is 13.0. The van der Waals surface area contributed by atoms with Crippen molar-refractivity contribution in [2.45, 2.75) is 25.7 Å². The summed E-state index contributed by atoms with van der Waals surface area (Å²) in [4.78, 5) is 23.9. The van der Waals surface area contributed by atoms with Crippen molar-refractivity contribution >= 4 is 40.9 Å². The van der Waals surface area contributed by atoms with Gasteiger partial charge in [0.25, 0.3) is 5.91 Å². The number of rotatable bonds is 7. The van der Waals surface area contributed by atoms with Gasteiger partial charge in [-0.25, -0.2) is 4.39 Å². The van der Waals surface area contributed by atoms with Gasteiger partial charge in [-0.2, -0.15) is 0 Å². The van der Waals surface area contributed by atoms with E-state index in [1.54, 1.807) is 0 Å². The van der Waals surface area contributed by atoms with Gasteiger partial charge in [0, 0.05) is 5.75 Å². The highest BCUT2D eigenvalue weighted by Gasteiger charge is 2.19. The van der Waals surface area contributed by atoms with Crippen molar-refractivity contribution in [1.82, 2.24) is 0 Å². The van der Waals surface area contributed by atoms with Crippen LogP contribution in [0.25, 0.3) is 0 Å². The van der Waals surface area contributed by atoms with Crippen molar-refractivity contribution in [2.75, 3.05) is 11.1 Å². The number of anilines is 1. The molecule has 0 aromatic heterocycles. The van der Waals surface area contributed by atoms with Crippen LogP contribution in [0.4, 0.5) is 10.1 Å². The Morgan fingerprint density at radius 1 is 1.23 bits per heavy atom. The first-order valence-corrected chi connectivity index (χ1v) is 9.47. The number of esters is 1. The highest BCUT2D eigenvalue weighted by Crippen LogP contribution is 2.22. The van der Waals surface area contributed by atoms with Crippen molar-refractivity contribution in [3.8, 4) is 0 Å². The van der Waals surface area contributed by atoms with E-state index in [-0.39, 0.29) is 16.5 Å². The number of carbonyl (C=O) groups excluding carboxylic acids is 2. The standard InChI is InChI=1S/C19H19ClFNO3S/c1-12-3-5-14(6-4-12)10-26-11-18(23)25-13(2)19(24)22-17-8-7-15(21)9-16(17)20/h3-9,13H,10-11H2,1-2H3,(H,22,24)/t13-/m1/s1. The maximum atomic E-state index is 13.0. The third-order valence-corrected chi connectivity index (χ3v) is 4.77. The molecule has 0 heterocycles. The zero-order valence-corrected chi connectivity index (χ0v) is 16.0. The summed E-state index contributed by atoms with van der Waals surface area (Å²) >= 11 is 7.27. The summed E-state index contributed by atoms with van der Waals surface area (Å²) in [5, 5.41) is 2.58. The molecule has 1 N–H and O–H groups in total. The molecule has 0 saturated heterocycles. The Morgan fingerprint density at radius 2 is 1.92 bits per heavy atom. The van der Waals surface area contributed by atoms with Crippen LogP contribution in [-0.4, -0.2) is 23.7 Å². The maximum Gasteiger partial charge on any atom is 0.316 e. The van der Waals surface area contributed by atoms with Crippen LogP contribution in [0.3, 0.4) is 0 Å². The van der Waals surface area contributed by atoms with Crippen molar-refractivity contribution < 1.29 is 18.7 Å². The molecule has 1 atom stereocenters. The molecule has 0 aliphatic carbocycles. The normalized spacial score (nSPS) is 11.7. The molecular weight excluding hydrogens is 377 g/mol. The predicted octanol–water partition coefficient (Wildman–Crippen LogP) is 4.59. The number of halogens is 2. The Labute approximate surface area is 161 Å². The summed E-state index contributed by atoms with van der Waals surface area (Å²) in [5.74, 6) is -0.687. The van der Waals surface area contributed by atoms with E-state index in [2.05, 4.69) is 5.32 Å². The van der Waals surface area contributed by atoms with Crippen LogP contribution in [-0.2, 0) is 20.1 Å². The minimum Gasteiger partial charge on any atom is -0.452 e. The molecule has 4 nitrogen and oxygen atoms in total. The average Bonchev–Trinajstić information content (AvgIpc) is 2.59. The fraction of sp³-hybridized carbons (Fsp3) is 0.263. The van der Waals surface area contributed by atoms with Crippen LogP contribution in [0.5, 0.6) is 0 Å². The number of thioether (sulfide) groups is 1. The number of hydrogen-bond acceptors (Lipinski definition) is 4. The van der Waals surface area contributed by atoms with Crippen molar-refractivity contribution in [2.24, 2.45) is 0 Å². The smallest absolute Gasteiger partial charge is 0.316 e. The lowest BCUT2D eigenvalue weighted by atomic mass is 10.2. The number of carbonyl (C=O) groups is 2. The van der Waals surface area contributed by atoms with Gasteiger partial charge >= 0.3 is 5.97 Å². The molecule has 1 amide bonds. The Morgan fingerprint density at radius 3 is 2.58 bits per heavy atom. The molecule has 2 aromatic rings. The second-order valence-corrected chi connectivity index (χ2v) is 7.12. The summed E-state index contributed by atoms with van der Waals surface area (Å²) in [6.45, 7) is 3.48. The van der Waals surface area contributed by atoms with Crippen LogP contribution in [0.1, 0.15) is 18.1 Å². The summed E-state index contributed by atoms with van der Waals surface area (Å²) in [6, 6.07) is 11.7. The molecule has 2 aromatic carbocycles. The molecule has 2 rings (SSSR count). The van der Waals surface area contributed by atoms with Crippen LogP contribution in [0, 0.1) is 12.7 Å². The van der Waals surface area contributed by atoms with E-state index in [1.807, 2.05) is 31.2 Å². The zero-order valence-electron chi connectivity index (χ0n) is 14.4. The average molecular weight is 396 g/mol. The molecule has 0 spiro atoms.